The molecule has 0 saturated carbocycles. The van der Waals surface area contributed by atoms with Crippen molar-refractivity contribution in [2.24, 2.45) is 7.05 Å². The molecular formula is C5H6ClNO. The van der Waals surface area contributed by atoms with E-state index in [2.05, 4.69) is 0 Å². The van der Waals surface area contributed by atoms with E-state index in [-0.39, 0.29) is 5.88 Å². The molecule has 0 aliphatic carbocycles. The first-order valence-corrected chi connectivity index (χ1v) is 2.60. The van der Waals surface area contributed by atoms with E-state index in [1.165, 1.54) is 4.57 Å². The molecule has 0 unspecified atom stereocenters. The third kappa shape index (κ3) is 0.670. The van der Waals surface area contributed by atoms with Crippen LogP contribution in [0.25, 0.3) is 0 Å². The summed E-state index contributed by atoms with van der Waals surface area (Å²) in [6.45, 7) is 0. The lowest BCUT2D eigenvalue weighted by atomic mass is 10.7. The molecule has 0 radical (unpaired) electrons. The van der Waals surface area contributed by atoms with Crippen LogP contribution in [-0.4, -0.2) is 9.67 Å². The van der Waals surface area contributed by atoms with Gasteiger partial charge in [0.2, 0.25) is 0 Å². The average molecular weight is 132 g/mol. The highest BCUT2D eigenvalue weighted by Crippen LogP contribution is 2.16. The van der Waals surface area contributed by atoms with Gasteiger partial charge in [-0.3, -0.25) is 0 Å². The molecule has 0 atom stereocenters. The lowest BCUT2D eigenvalue weighted by molar-refractivity contribution is 0.432. The van der Waals surface area contributed by atoms with Crippen LogP contribution >= 0.6 is 11.6 Å². The summed E-state index contributed by atoms with van der Waals surface area (Å²) in [5, 5.41) is 9.36. The molecule has 0 fully saturated rings. The van der Waals surface area contributed by atoms with E-state index >= 15 is 0 Å². The van der Waals surface area contributed by atoms with E-state index in [1.807, 2.05) is 0 Å². The van der Waals surface area contributed by atoms with Crippen molar-refractivity contribution in [3.8, 4) is 5.88 Å². The lowest BCUT2D eigenvalue weighted by Crippen LogP contribution is -1.83. The van der Waals surface area contributed by atoms with Gasteiger partial charge in [0.1, 0.15) is 5.15 Å². The van der Waals surface area contributed by atoms with Crippen LogP contribution in [0.2, 0.25) is 5.15 Å². The van der Waals surface area contributed by atoms with Crippen LogP contribution in [0.3, 0.4) is 0 Å². The van der Waals surface area contributed by atoms with E-state index in [0.29, 0.717) is 5.15 Å². The normalized spacial score (nSPS) is 9.75. The van der Waals surface area contributed by atoms with Crippen molar-refractivity contribution in [3.63, 3.8) is 0 Å². The Morgan fingerprint density at radius 1 is 1.62 bits per heavy atom. The zero-order valence-electron chi connectivity index (χ0n) is 4.43. The maximum absolute atomic E-state index is 8.82. The van der Waals surface area contributed by atoms with Gasteiger partial charge in [-0.15, -0.1) is 0 Å². The predicted octanol–water partition coefficient (Wildman–Crippen LogP) is 1.38. The smallest absolute Gasteiger partial charge is 0.191 e. The number of aromatic hydroxyl groups is 1. The van der Waals surface area contributed by atoms with Gasteiger partial charge in [-0.05, 0) is 6.07 Å². The van der Waals surface area contributed by atoms with Gasteiger partial charge in [0.15, 0.2) is 5.88 Å². The Balaban J connectivity index is 3.19. The van der Waals surface area contributed by atoms with Crippen molar-refractivity contribution >= 4 is 11.6 Å². The van der Waals surface area contributed by atoms with Crippen molar-refractivity contribution in [2.75, 3.05) is 0 Å². The molecule has 2 nitrogen and oxygen atoms in total. The third-order valence-corrected chi connectivity index (χ3v) is 1.41. The number of rotatable bonds is 0. The highest BCUT2D eigenvalue weighted by molar-refractivity contribution is 6.29. The van der Waals surface area contributed by atoms with Gasteiger partial charge in [-0.25, -0.2) is 0 Å². The maximum Gasteiger partial charge on any atom is 0.191 e. The highest BCUT2D eigenvalue weighted by atomic mass is 35.5. The van der Waals surface area contributed by atoms with E-state index in [4.69, 9.17) is 16.7 Å². The molecule has 0 aliphatic heterocycles. The Morgan fingerprint density at radius 3 is 2.38 bits per heavy atom. The topological polar surface area (TPSA) is 25.2 Å². The predicted molar refractivity (Wildman–Crippen MR) is 32.1 cm³/mol. The number of aromatic nitrogens is 1. The molecule has 8 heavy (non-hydrogen) atoms. The van der Waals surface area contributed by atoms with E-state index < -0.39 is 0 Å². The fourth-order valence-corrected chi connectivity index (χ4v) is 0.626. The van der Waals surface area contributed by atoms with Crippen LogP contribution in [0.4, 0.5) is 0 Å². The quantitative estimate of drug-likeness (QED) is 0.566. The lowest BCUT2D eigenvalue weighted by Gasteiger charge is -1.92. The first kappa shape index (κ1) is 5.51. The second kappa shape index (κ2) is 1.71. The van der Waals surface area contributed by atoms with Crippen molar-refractivity contribution in [1.29, 1.82) is 0 Å². The maximum atomic E-state index is 8.82. The van der Waals surface area contributed by atoms with Crippen molar-refractivity contribution in [1.82, 2.24) is 4.57 Å². The summed E-state index contributed by atoms with van der Waals surface area (Å²) in [4.78, 5) is 0. The van der Waals surface area contributed by atoms with Crippen molar-refractivity contribution in [3.05, 3.63) is 17.3 Å². The van der Waals surface area contributed by atoms with E-state index in [9.17, 15) is 0 Å². The van der Waals surface area contributed by atoms with Gasteiger partial charge in [-0.2, -0.15) is 0 Å². The molecule has 0 amide bonds. The number of hydrogen-bond acceptors (Lipinski definition) is 1. The SMILES string of the molecule is Cn1c(O)ccc1Cl. The van der Waals surface area contributed by atoms with Gasteiger partial charge in [-0.1, -0.05) is 11.6 Å². The van der Waals surface area contributed by atoms with Gasteiger partial charge >= 0.3 is 0 Å². The van der Waals surface area contributed by atoms with Gasteiger partial charge in [0.25, 0.3) is 0 Å². The summed E-state index contributed by atoms with van der Waals surface area (Å²) in [5.74, 6) is 0.190. The fourth-order valence-electron chi connectivity index (χ4n) is 0.476. The summed E-state index contributed by atoms with van der Waals surface area (Å²) >= 11 is 5.53. The molecule has 0 spiro atoms. The molecule has 44 valence electrons. The molecule has 1 aromatic rings. The summed E-state index contributed by atoms with van der Waals surface area (Å²) in [6, 6.07) is 3.18. The van der Waals surface area contributed by atoms with Crippen LogP contribution in [0, 0.1) is 0 Å². The molecule has 3 heteroatoms. The van der Waals surface area contributed by atoms with Crippen molar-refractivity contribution < 1.29 is 5.11 Å². The van der Waals surface area contributed by atoms with Gasteiger partial charge in [0, 0.05) is 13.1 Å². The first-order chi connectivity index (χ1) is 3.72. The van der Waals surface area contributed by atoms with E-state index in [1.54, 1.807) is 19.2 Å². The third-order valence-electron chi connectivity index (χ3n) is 1.03. The molecule has 0 saturated heterocycles. The van der Waals surface area contributed by atoms with Crippen LogP contribution in [0.15, 0.2) is 12.1 Å². The molecule has 0 aliphatic rings. The van der Waals surface area contributed by atoms with Crippen LogP contribution in [0.5, 0.6) is 5.88 Å². The van der Waals surface area contributed by atoms with Crippen LogP contribution in [-0.2, 0) is 7.05 Å². The Morgan fingerprint density at radius 2 is 2.25 bits per heavy atom. The number of hydrogen-bond donors (Lipinski definition) is 1. The summed E-state index contributed by atoms with van der Waals surface area (Å²) in [6.07, 6.45) is 0. The molecule has 1 N–H and O–H groups in total. The van der Waals surface area contributed by atoms with Crippen LogP contribution in [0.1, 0.15) is 0 Å². The minimum Gasteiger partial charge on any atom is -0.494 e. The van der Waals surface area contributed by atoms with Gasteiger partial charge in [0.05, 0.1) is 0 Å². The number of nitrogens with zero attached hydrogens (tertiary/aromatic N) is 1. The molecule has 1 aromatic heterocycles. The first-order valence-electron chi connectivity index (χ1n) is 2.22. The molecule has 0 bridgehead atoms. The Bertz CT molecular complexity index is 175. The van der Waals surface area contributed by atoms with Crippen molar-refractivity contribution in [2.45, 2.75) is 0 Å². The molecular weight excluding hydrogens is 126 g/mol. The number of halogens is 1. The zero-order chi connectivity index (χ0) is 6.15. The van der Waals surface area contributed by atoms with Crippen LogP contribution < -0.4 is 0 Å². The Hall–Kier alpha value is -0.630. The summed E-state index contributed by atoms with van der Waals surface area (Å²) < 4.78 is 1.49. The second-order valence-corrected chi connectivity index (χ2v) is 1.96. The van der Waals surface area contributed by atoms with E-state index in [0.717, 1.165) is 0 Å². The zero-order valence-corrected chi connectivity index (χ0v) is 5.18. The average Bonchev–Trinajstić information content (AvgIpc) is 1.98. The Labute approximate surface area is 52.3 Å². The molecule has 1 rings (SSSR count). The highest BCUT2D eigenvalue weighted by Gasteiger charge is 1.96. The standard InChI is InChI=1S/C5H6ClNO/c1-7-4(6)2-3-5(7)8/h2-3,8H,1H3. The van der Waals surface area contributed by atoms with Gasteiger partial charge < -0.3 is 9.67 Å². The summed E-state index contributed by atoms with van der Waals surface area (Å²) in [7, 11) is 1.69. The molecule has 0 aromatic carbocycles. The molecule has 1 heterocycles. The largest absolute Gasteiger partial charge is 0.494 e. The monoisotopic (exact) mass is 131 g/mol. The second-order valence-electron chi connectivity index (χ2n) is 1.57. The summed E-state index contributed by atoms with van der Waals surface area (Å²) in [5.41, 5.74) is 0. The Kier molecular flexibility index (Phi) is 1.18. The fraction of sp³-hybridized carbons (Fsp3) is 0.200. The minimum absolute atomic E-state index is 0.190. The minimum atomic E-state index is 0.190.